The quantitative estimate of drug-likeness (QED) is 0.853. The molecule has 0 aromatic heterocycles. The van der Waals surface area contributed by atoms with Crippen LogP contribution in [-0.2, 0) is 16.0 Å². The van der Waals surface area contributed by atoms with Crippen LogP contribution in [0.5, 0.6) is 0 Å². The third-order valence-electron chi connectivity index (χ3n) is 4.17. The van der Waals surface area contributed by atoms with Gasteiger partial charge in [0, 0.05) is 30.0 Å². The Balaban J connectivity index is 1.78. The zero-order chi connectivity index (χ0) is 16.8. The van der Waals surface area contributed by atoms with E-state index in [1.165, 1.54) is 0 Å². The fraction of sp³-hybridized carbons (Fsp3) is 0.556. The van der Waals surface area contributed by atoms with Gasteiger partial charge in [-0.1, -0.05) is 41.9 Å². The normalized spacial score (nSPS) is 15.7. The highest BCUT2D eigenvalue weighted by atomic mass is 79.9. The summed E-state index contributed by atoms with van der Waals surface area (Å²) in [5.41, 5.74) is 1.02. The lowest BCUT2D eigenvalue weighted by molar-refractivity contribution is -0.135. The second-order valence-corrected chi connectivity index (χ2v) is 7.51. The molecule has 1 heterocycles. The average molecular weight is 381 g/mol. The Morgan fingerprint density at radius 2 is 1.83 bits per heavy atom. The molecule has 0 aliphatic carbocycles. The largest absolute Gasteiger partial charge is 0.356 e. The maximum absolute atomic E-state index is 12.4. The van der Waals surface area contributed by atoms with E-state index in [9.17, 15) is 9.59 Å². The summed E-state index contributed by atoms with van der Waals surface area (Å²) in [5.74, 6) is 0.795. The summed E-state index contributed by atoms with van der Waals surface area (Å²) in [5, 5.41) is 2.99. The van der Waals surface area contributed by atoms with Gasteiger partial charge in [-0.05, 0) is 36.5 Å². The average Bonchev–Trinajstić information content (AvgIpc) is 2.55. The number of likely N-dealkylation sites (tertiary alicyclic amines) is 1. The number of amides is 2. The molecule has 0 bridgehead atoms. The van der Waals surface area contributed by atoms with Crippen molar-refractivity contribution in [3.8, 4) is 0 Å². The molecule has 1 aliphatic rings. The van der Waals surface area contributed by atoms with Gasteiger partial charge in [-0.15, -0.1) is 0 Å². The molecule has 0 radical (unpaired) electrons. The highest BCUT2D eigenvalue weighted by Crippen LogP contribution is 2.19. The van der Waals surface area contributed by atoms with Gasteiger partial charge >= 0.3 is 0 Å². The van der Waals surface area contributed by atoms with Gasteiger partial charge in [-0.3, -0.25) is 9.59 Å². The molecule has 5 heteroatoms. The van der Waals surface area contributed by atoms with Crippen LogP contribution in [0.25, 0.3) is 0 Å². The smallest absolute Gasteiger partial charge is 0.226 e. The van der Waals surface area contributed by atoms with Crippen molar-refractivity contribution in [2.24, 2.45) is 11.8 Å². The first kappa shape index (κ1) is 18.0. The first-order valence-electron chi connectivity index (χ1n) is 8.25. The molecular formula is C18H25BrN2O2. The predicted molar refractivity (Wildman–Crippen MR) is 95.0 cm³/mol. The Kier molecular flexibility index (Phi) is 6.63. The summed E-state index contributed by atoms with van der Waals surface area (Å²) >= 11 is 3.40. The molecule has 1 aromatic rings. The van der Waals surface area contributed by atoms with Crippen molar-refractivity contribution in [3.63, 3.8) is 0 Å². The lowest BCUT2D eigenvalue weighted by atomic mass is 9.95. The molecule has 2 rings (SSSR count). The zero-order valence-electron chi connectivity index (χ0n) is 13.8. The summed E-state index contributed by atoms with van der Waals surface area (Å²) < 4.78 is 1.02. The number of benzene rings is 1. The highest BCUT2D eigenvalue weighted by Gasteiger charge is 2.27. The van der Waals surface area contributed by atoms with Crippen LogP contribution in [0.2, 0.25) is 0 Å². The lowest BCUT2D eigenvalue weighted by Crippen LogP contribution is -2.44. The molecule has 0 saturated carbocycles. The monoisotopic (exact) mass is 380 g/mol. The molecule has 0 unspecified atom stereocenters. The van der Waals surface area contributed by atoms with Crippen LogP contribution in [-0.4, -0.2) is 36.3 Å². The van der Waals surface area contributed by atoms with Crippen molar-refractivity contribution in [1.29, 1.82) is 0 Å². The number of carbonyl (C=O) groups is 2. The molecule has 23 heavy (non-hydrogen) atoms. The van der Waals surface area contributed by atoms with E-state index in [0.717, 1.165) is 29.4 Å². The Labute approximate surface area is 146 Å². The maximum atomic E-state index is 12.4. The summed E-state index contributed by atoms with van der Waals surface area (Å²) in [4.78, 5) is 26.3. The van der Waals surface area contributed by atoms with E-state index >= 15 is 0 Å². The number of hydrogen-bond donors (Lipinski definition) is 1. The van der Waals surface area contributed by atoms with Crippen molar-refractivity contribution in [2.45, 2.75) is 33.1 Å². The van der Waals surface area contributed by atoms with E-state index in [1.807, 2.05) is 29.2 Å². The maximum Gasteiger partial charge on any atom is 0.226 e. The number of hydrogen-bond acceptors (Lipinski definition) is 2. The lowest BCUT2D eigenvalue weighted by Gasteiger charge is -2.31. The van der Waals surface area contributed by atoms with Crippen LogP contribution in [0.1, 0.15) is 32.3 Å². The Bertz CT molecular complexity index is 534. The summed E-state index contributed by atoms with van der Waals surface area (Å²) in [6.07, 6.45) is 1.95. The first-order chi connectivity index (χ1) is 11.0. The Morgan fingerprint density at radius 1 is 1.22 bits per heavy atom. The molecule has 4 nitrogen and oxygen atoms in total. The topological polar surface area (TPSA) is 49.4 Å². The molecule has 2 amide bonds. The number of piperidine rings is 1. The van der Waals surface area contributed by atoms with Crippen LogP contribution >= 0.6 is 15.9 Å². The van der Waals surface area contributed by atoms with Crippen molar-refractivity contribution in [1.82, 2.24) is 10.2 Å². The summed E-state index contributed by atoms with van der Waals surface area (Å²) in [6.45, 7) is 6.25. The molecule has 1 fully saturated rings. The number of nitrogens with one attached hydrogen (secondary N) is 1. The fourth-order valence-corrected chi connectivity index (χ4v) is 2.99. The minimum atomic E-state index is 0.0467. The molecule has 0 spiro atoms. The molecule has 0 atom stereocenters. The van der Waals surface area contributed by atoms with E-state index in [-0.39, 0.29) is 17.7 Å². The first-order valence-corrected chi connectivity index (χ1v) is 9.05. The predicted octanol–water partition coefficient (Wildman–Crippen LogP) is 3.00. The third-order valence-corrected chi connectivity index (χ3v) is 4.70. The number of rotatable bonds is 5. The van der Waals surface area contributed by atoms with Gasteiger partial charge in [0.2, 0.25) is 11.8 Å². The molecule has 1 saturated heterocycles. The van der Waals surface area contributed by atoms with Gasteiger partial charge in [-0.2, -0.15) is 0 Å². The minimum absolute atomic E-state index is 0.0467. The molecule has 1 aromatic carbocycles. The molecule has 126 valence electrons. The molecule has 1 N–H and O–H groups in total. The van der Waals surface area contributed by atoms with E-state index in [4.69, 9.17) is 0 Å². The molecular weight excluding hydrogens is 356 g/mol. The van der Waals surface area contributed by atoms with Gasteiger partial charge in [0.05, 0.1) is 6.42 Å². The minimum Gasteiger partial charge on any atom is -0.356 e. The van der Waals surface area contributed by atoms with Crippen LogP contribution < -0.4 is 5.32 Å². The Hall–Kier alpha value is -1.36. The van der Waals surface area contributed by atoms with E-state index in [2.05, 4.69) is 35.1 Å². The summed E-state index contributed by atoms with van der Waals surface area (Å²) in [7, 11) is 0. The van der Waals surface area contributed by atoms with Gasteiger partial charge in [0.15, 0.2) is 0 Å². The molecule has 1 aliphatic heterocycles. The van der Waals surface area contributed by atoms with Crippen molar-refractivity contribution in [2.75, 3.05) is 19.6 Å². The van der Waals surface area contributed by atoms with Crippen LogP contribution in [0.3, 0.4) is 0 Å². The van der Waals surface area contributed by atoms with E-state index in [1.54, 1.807) is 0 Å². The number of carbonyl (C=O) groups excluding carboxylic acids is 2. The standard InChI is InChI=1S/C18H25BrN2O2/c1-13(2)12-20-18(23)15-7-9-21(10-8-15)17(22)11-14-3-5-16(19)6-4-14/h3-6,13,15H,7-12H2,1-2H3,(H,20,23). The van der Waals surface area contributed by atoms with Crippen LogP contribution in [0.15, 0.2) is 28.7 Å². The van der Waals surface area contributed by atoms with Gasteiger partial charge in [0.25, 0.3) is 0 Å². The zero-order valence-corrected chi connectivity index (χ0v) is 15.4. The number of halogens is 1. The fourth-order valence-electron chi connectivity index (χ4n) is 2.73. The summed E-state index contributed by atoms with van der Waals surface area (Å²) in [6, 6.07) is 7.84. The van der Waals surface area contributed by atoms with Gasteiger partial charge in [-0.25, -0.2) is 0 Å². The Morgan fingerprint density at radius 3 is 2.39 bits per heavy atom. The third kappa shape index (κ3) is 5.65. The van der Waals surface area contributed by atoms with Crippen molar-refractivity contribution in [3.05, 3.63) is 34.3 Å². The highest BCUT2D eigenvalue weighted by molar-refractivity contribution is 9.10. The van der Waals surface area contributed by atoms with Gasteiger partial charge in [0.1, 0.15) is 0 Å². The van der Waals surface area contributed by atoms with Crippen molar-refractivity contribution >= 4 is 27.7 Å². The SMILES string of the molecule is CC(C)CNC(=O)C1CCN(C(=O)Cc2ccc(Br)cc2)CC1. The van der Waals surface area contributed by atoms with E-state index < -0.39 is 0 Å². The van der Waals surface area contributed by atoms with E-state index in [0.29, 0.717) is 25.4 Å². The second-order valence-electron chi connectivity index (χ2n) is 6.60. The second kappa shape index (κ2) is 8.48. The number of nitrogens with zero attached hydrogens (tertiary/aromatic N) is 1. The van der Waals surface area contributed by atoms with Crippen molar-refractivity contribution < 1.29 is 9.59 Å². The van der Waals surface area contributed by atoms with Gasteiger partial charge < -0.3 is 10.2 Å². The van der Waals surface area contributed by atoms with Crippen LogP contribution in [0, 0.1) is 11.8 Å². The van der Waals surface area contributed by atoms with Crippen LogP contribution in [0.4, 0.5) is 0 Å².